The van der Waals surface area contributed by atoms with Crippen LogP contribution >= 0.6 is 11.3 Å². The van der Waals surface area contributed by atoms with Gasteiger partial charge in [0.05, 0.1) is 7.11 Å². The highest BCUT2D eigenvalue weighted by Gasteiger charge is 2.06. The van der Waals surface area contributed by atoms with Gasteiger partial charge in [0.25, 0.3) is 0 Å². The summed E-state index contributed by atoms with van der Waals surface area (Å²) in [6.45, 7) is 0. The van der Waals surface area contributed by atoms with Crippen LogP contribution < -0.4 is 4.74 Å². The van der Waals surface area contributed by atoms with Crippen molar-refractivity contribution in [2.24, 2.45) is 0 Å². The van der Waals surface area contributed by atoms with Gasteiger partial charge in [-0.05, 0) is 46.3 Å². The number of benzene rings is 2. The molecule has 2 aromatic carbocycles. The molecule has 1 aromatic heterocycles. The minimum atomic E-state index is 0.893. The predicted molar refractivity (Wildman–Crippen MR) is 81.7 cm³/mol. The summed E-state index contributed by atoms with van der Waals surface area (Å²) in [6.07, 6.45) is 0. The summed E-state index contributed by atoms with van der Waals surface area (Å²) in [5.41, 5.74) is 3.59. The standard InChI is InChI=1S/C17H14OS/c1-18-16-11-14(13-6-3-2-4-7-13)10-15(12-16)17-8-5-9-19-17/h2-12H,1H3. The highest BCUT2D eigenvalue weighted by atomic mass is 32.1. The van der Waals surface area contributed by atoms with E-state index in [1.165, 1.54) is 21.6 Å². The Kier molecular flexibility index (Phi) is 3.34. The van der Waals surface area contributed by atoms with Gasteiger partial charge in [-0.25, -0.2) is 0 Å². The zero-order valence-electron chi connectivity index (χ0n) is 10.7. The van der Waals surface area contributed by atoms with Crippen LogP contribution in [0.15, 0.2) is 66.0 Å². The molecule has 2 heteroatoms. The molecular weight excluding hydrogens is 252 g/mol. The molecule has 0 aliphatic carbocycles. The first kappa shape index (κ1) is 12.0. The minimum Gasteiger partial charge on any atom is -0.497 e. The van der Waals surface area contributed by atoms with Gasteiger partial charge in [0.2, 0.25) is 0 Å². The first-order chi connectivity index (χ1) is 9.36. The zero-order chi connectivity index (χ0) is 13.1. The van der Waals surface area contributed by atoms with Gasteiger partial charge in [0, 0.05) is 4.88 Å². The van der Waals surface area contributed by atoms with Crippen LogP contribution in [0, 0.1) is 0 Å². The van der Waals surface area contributed by atoms with Gasteiger partial charge in [0.1, 0.15) is 5.75 Å². The summed E-state index contributed by atoms with van der Waals surface area (Å²) in [5, 5.41) is 2.09. The van der Waals surface area contributed by atoms with Crippen LogP contribution in [0.2, 0.25) is 0 Å². The summed E-state index contributed by atoms with van der Waals surface area (Å²) < 4.78 is 5.42. The summed E-state index contributed by atoms with van der Waals surface area (Å²) in [5.74, 6) is 0.893. The van der Waals surface area contributed by atoms with Gasteiger partial charge in [-0.15, -0.1) is 11.3 Å². The smallest absolute Gasteiger partial charge is 0.120 e. The molecule has 0 aliphatic heterocycles. The summed E-state index contributed by atoms with van der Waals surface area (Å²) in [6, 6.07) is 21.0. The average molecular weight is 266 g/mol. The highest BCUT2D eigenvalue weighted by molar-refractivity contribution is 7.13. The van der Waals surface area contributed by atoms with Crippen molar-refractivity contribution in [1.82, 2.24) is 0 Å². The monoisotopic (exact) mass is 266 g/mol. The van der Waals surface area contributed by atoms with E-state index in [0.29, 0.717) is 0 Å². The topological polar surface area (TPSA) is 9.23 Å². The van der Waals surface area contributed by atoms with Gasteiger partial charge in [0.15, 0.2) is 0 Å². The fraction of sp³-hybridized carbons (Fsp3) is 0.0588. The largest absolute Gasteiger partial charge is 0.497 e. The Hall–Kier alpha value is -2.06. The maximum Gasteiger partial charge on any atom is 0.120 e. The van der Waals surface area contributed by atoms with Crippen molar-refractivity contribution in [2.45, 2.75) is 0 Å². The van der Waals surface area contributed by atoms with Gasteiger partial charge >= 0.3 is 0 Å². The highest BCUT2D eigenvalue weighted by Crippen LogP contribution is 2.33. The number of thiophene rings is 1. The summed E-state index contributed by atoms with van der Waals surface area (Å²) in [7, 11) is 1.71. The van der Waals surface area contributed by atoms with Crippen LogP contribution in [0.5, 0.6) is 5.75 Å². The van der Waals surface area contributed by atoms with Crippen molar-refractivity contribution in [2.75, 3.05) is 7.11 Å². The van der Waals surface area contributed by atoms with E-state index in [1.807, 2.05) is 6.07 Å². The molecule has 0 aliphatic rings. The number of ether oxygens (including phenoxy) is 1. The Bertz CT molecular complexity index is 657. The van der Waals surface area contributed by atoms with Gasteiger partial charge in [-0.3, -0.25) is 0 Å². The van der Waals surface area contributed by atoms with E-state index in [2.05, 4.69) is 60.0 Å². The van der Waals surface area contributed by atoms with Crippen molar-refractivity contribution in [3.8, 4) is 27.3 Å². The second kappa shape index (κ2) is 5.29. The van der Waals surface area contributed by atoms with Crippen LogP contribution in [-0.4, -0.2) is 7.11 Å². The Morgan fingerprint density at radius 3 is 2.26 bits per heavy atom. The number of hydrogen-bond acceptors (Lipinski definition) is 2. The minimum absolute atomic E-state index is 0.893. The van der Waals surface area contributed by atoms with E-state index in [1.54, 1.807) is 18.4 Å². The third kappa shape index (κ3) is 2.54. The molecule has 0 radical (unpaired) electrons. The SMILES string of the molecule is COc1cc(-c2ccccc2)cc(-c2cccs2)c1. The van der Waals surface area contributed by atoms with Crippen LogP contribution in [0.25, 0.3) is 21.6 Å². The zero-order valence-corrected chi connectivity index (χ0v) is 11.5. The van der Waals surface area contributed by atoms with Crippen molar-refractivity contribution in [1.29, 1.82) is 0 Å². The lowest BCUT2D eigenvalue weighted by Crippen LogP contribution is -1.86. The maximum atomic E-state index is 5.42. The molecule has 3 rings (SSSR count). The quantitative estimate of drug-likeness (QED) is 0.641. The lowest BCUT2D eigenvalue weighted by Gasteiger charge is -2.08. The first-order valence-corrected chi connectivity index (χ1v) is 7.03. The van der Waals surface area contributed by atoms with Gasteiger partial charge in [-0.1, -0.05) is 36.4 Å². The predicted octanol–water partition coefficient (Wildman–Crippen LogP) is 5.09. The molecule has 0 amide bonds. The van der Waals surface area contributed by atoms with Crippen molar-refractivity contribution in [3.63, 3.8) is 0 Å². The average Bonchev–Trinajstić information content (AvgIpc) is 3.02. The van der Waals surface area contributed by atoms with Crippen LogP contribution in [0.1, 0.15) is 0 Å². The van der Waals surface area contributed by atoms with E-state index in [4.69, 9.17) is 4.74 Å². The molecule has 0 atom stereocenters. The van der Waals surface area contributed by atoms with Gasteiger partial charge in [-0.2, -0.15) is 0 Å². The van der Waals surface area contributed by atoms with E-state index in [9.17, 15) is 0 Å². The molecule has 0 spiro atoms. The van der Waals surface area contributed by atoms with Gasteiger partial charge < -0.3 is 4.74 Å². The number of methoxy groups -OCH3 is 1. The lowest BCUT2D eigenvalue weighted by atomic mass is 10.0. The maximum absolute atomic E-state index is 5.42. The fourth-order valence-corrected chi connectivity index (χ4v) is 2.81. The Morgan fingerprint density at radius 1 is 0.789 bits per heavy atom. The van der Waals surface area contributed by atoms with E-state index in [-0.39, 0.29) is 0 Å². The third-order valence-electron chi connectivity index (χ3n) is 3.06. The van der Waals surface area contributed by atoms with E-state index >= 15 is 0 Å². The Labute approximate surface area is 117 Å². The van der Waals surface area contributed by atoms with Crippen molar-refractivity contribution >= 4 is 11.3 Å². The number of rotatable bonds is 3. The second-order valence-electron chi connectivity index (χ2n) is 4.29. The molecule has 19 heavy (non-hydrogen) atoms. The second-order valence-corrected chi connectivity index (χ2v) is 5.24. The molecule has 94 valence electrons. The Morgan fingerprint density at radius 2 is 1.58 bits per heavy atom. The fourth-order valence-electron chi connectivity index (χ4n) is 2.10. The molecular formula is C17H14OS. The summed E-state index contributed by atoms with van der Waals surface area (Å²) >= 11 is 1.74. The summed E-state index contributed by atoms with van der Waals surface area (Å²) in [4.78, 5) is 1.26. The molecule has 0 fully saturated rings. The van der Waals surface area contributed by atoms with E-state index in [0.717, 1.165) is 5.75 Å². The third-order valence-corrected chi connectivity index (χ3v) is 3.97. The van der Waals surface area contributed by atoms with E-state index < -0.39 is 0 Å². The molecule has 0 saturated heterocycles. The molecule has 1 heterocycles. The van der Waals surface area contributed by atoms with Crippen molar-refractivity contribution in [3.05, 3.63) is 66.0 Å². The molecule has 1 nitrogen and oxygen atoms in total. The Balaban J connectivity index is 2.13. The van der Waals surface area contributed by atoms with Crippen LogP contribution in [0.3, 0.4) is 0 Å². The molecule has 0 unspecified atom stereocenters. The lowest BCUT2D eigenvalue weighted by molar-refractivity contribution is 0.415. The number of hydrogen-bond donors (Lipinski definition) is 0. The first-order valence-electron chi connectivity index (χ1n) is 6.15. The van der Waals surface area contributed by atoms with Crippen molar-refractivity contribution < 1.29 is 4.74 Å². The van der Waals surface area contributed by atoms with Crippen LogP contribution in [-0.2, 0) is 0 Å². The van der Waals surface area contributed by atoms with Crippen LogP contribution in [0.4, 0.5) is 0 Å². The molecule has 0 N–H and O–H groups in total. The normalized spacial score (nSPS) is 10.4. The molecule has 0 saturated carbocycles. The molecule has 3 aromatic rings. The molecule has 0 bridgehead atoms.